The van der Waals surface area contributed by atoms with Gasteiger partial charge in [0.25, 0.3) is 5.91 Å². The number of imide groups is 1. The highest BCUT2D eigenvalue weighted by molar-refractivity contribution is 6.10. The second kappa shape index (κ2) is 11.5. The van der Waals surface area contributed by atoms with Crippen LogP contribution in [0.25, 0.3) is 0 Å². The lowest BCUT2D eigenvalue weighted by Gasteiger charge is -2.45. The van der Waals surface area contributed by atoms with Crippen molar-refractivity contribution in [3.63, 3.8) is 0 Å². The Bertz CT molecular complexity index is 1500. The number of nitrogens with one attached hydrogen (secondary N) is 1. The van der Waals surface area contributed by atoms with Gasteiger partial charge in [0.15, 0.2) is 6.61 Å². The van der Waals surface area contributed by atoms with E-state index in [0.717, 1.165) is 33.6 Å². The molecule has 43 heavy (non-hydrogen) atoms. The van der Waals surface area contributed by atoms with Crippen LogP contribution in [-0.4, -0.2) is 54.3 Å². The number of carbonyl (C=O) groups is 5. The molecular formula is C34H32N2O7. The number of esters is 2. The monoisotopic (exact) mass is 580 g/mol. The normalized spacial score (nSPS) is 21.9. The number of unbranched alkanes of at least 4 members (excludes halogenated alkanes) is 1. The van der Waals surface area contributed by atoms with Gasteiger partial charge in [-0.3, -0.25) is 19.3 Å². The van der Waals surface area contributed by atoms with Crippen LogP contribution in [0.1, 0.15) is 70.6 Å². The van der Waals surface area contributed by atoms with Crippen molar-refractivity contribution in [1.82, 2.24) is 4.90 Å². The van der Waals surface area contributed by atoms with Gasteiger partial charge in [-0.15, -0.1) is 0 Å². The molecule has 3 aromatic rings. The molecule has 3 aromatic carbocycles. The van der Waals surface area contributed by atoms with Crippen molar-refractivity contribution in [2.75, 3.05) is 19.0 Å². The number of rotatable bonds is 9. The number of amides is 3. The molecule has 2 bridgehead atoms. The van der Waals surface area contributed by atoms with Gasteiger partial charge in [0.2, 0.25) is 11.8 Å². The lowest BCUT2D eigenvalue weighted by atomic mass is 9.55. The van der Waals surface area contributed by atoms with Gasteiger partial charge in [-0.25, -0.2) is 9.59 Å². The van der Waals surface area contributed by atoms with Gasteiger partial charge in [0.05, 0.1) is 24.5 Å². The van der Waals surface area contributed by atoms with Crippen molar-refractivity contribution >= 4 is 35.3 Å². The molecule has 3 amide bonds. The number of benzene rings is 3. The van der Waals surface area contributed by atoms with Gasteiger partial charge in [-0.1, -0.05) is 68.3 Å². The molecule has 4 aliphatic rings. The molecule has 0 spiro atoms. The van der Waals surface area contributed by atoms with Crippen LogP contribution in [0, 0.1) is 11.8 Å². The molecule has 1 fully saturated rings. The van der Waals surface area contributed by atoms with E-state index in [9.17, 15) is 24.0 Å². The van der Waals surface area contributed by atoms with Gasteiger partial charge in [-0.05, 0) is 52.9 Å². The highest BCUT2D eigenvalue weighted by Gasteiger charge is 2.63. The SMILES string of the molecule is CCCC[C@H](C(=O)OCC(=O)Nc1ccc(C(=O)OC)cc1)N1C(=O)[C@@H]2C3c4ccccc4C(c4ccccc43)[C@@H]2C1=O. The summed E-state index contributed by atoms with van der Waals surface area (Å²) < 4.78 is 10.1. The smallest absolute Gasteiger partial charge is 0.337 e. The van der Waals surface area contributed by atoms with E-state index in [2.05, 4.69) is 10.1 Å². The number of hydrogen-bond donors (Lipinski definition) is 1. The van der Waals surface area contributed by atoms with E-state index in [0.29, 0.717) is 17.7 Å². The molecule has 1 saturated heterocycles. The second-order valence-corrected chi connectivity index (χ2v) is 11.2. The number of methoxy groups -OCH3 is 1. The molecule has 7 rings (SSSR count). The summed E-state index contributed by atoms with van der Waals surface area (Å²) >= 11 is 0. The van der Waals surface area contributed by atoms with Crippen molar-refractivity contribution in [2.45, 2.75) is 44.1 Å². The van der Waals surface area contributed by atoms with Gasteiger partial charge >= 0.3 is 11.9 Å². The zero-order chi connectivity index (χ0) is 30.2. The van der Waals surface area contributed by atoms with Crippen LogP contribution in [0.5, 0.6) is 0 Å². The number of anilines is 1. The van der Waals surface area contributed by atoms with Crippen LogP contribution >= 0.6 is 0 Å². The van der Waals surface area contributed by atoms with Crippen LogP contribution in [0.15, 0.2) is 72.8 Å². The number of hydrogen-bond acceptors (Lipinski definition) is 7. The molecule has 0 aromatic heterocycles. The first-order valence-electron chi connectivity index (χ1n) is 14.5. The average Bonchev–Trinajstić information content (AvgIpc) is 3.30. The van der Waals surface area contributed by atoms with Crippen LogP contribution in [0.3, 0.4) is 0 Å². The number of ether oxygens (including phenoxy) is 2. The quantitative estimate of drug-likeness (QED) is 0.294. The zero-order valence-corrected chi connectivity index (χ0v) is 23.9. The fourth-order valence-electron chi connectivity index (χ4n) is 6.99. The Morgan fingerprint density at radius 2 is 1.33 bits per heavy atom. The van der Waals surface area contributed by atoms with E-state index >= 15 is 0 Å². The largest absolute Gasteiger partial charge is 0.465 e. The average molecular weight is 581 g/mol. The van der Waals surface area contributed by atoms with E-state index < -0.39 is 42.3 Å². The summed E-state index contributed by atoms with van der Waals surface area (Å²) in [5, 5.41) is 2.62. The van der Waals surface area contributed by atoms with E-state index in [4.69, 9.17) is 4.74 Å². The molecule has 0 saturated carbocycles. The van der Waals surface area contributed by atoms with Crippen LogP contribution in [0.4, 0.5) is 5.69 Å². The first kappa shape index (κ1) is 28.3. The van der Waals surface area contributed by atoms with Crippen LogP contribution < -0.4 is 5.32 Å². The number of carbonyl (C=O) groups excluding carboxylic acids is 5. The molecule has 3 aliphatic carbocycles. The molecule has 220 valence electrons. The minimum Gasteiger partial charge on any atom is -0.465 e. The van der Waals surface area contributed by atoms with E-state index in [-0.39, 0.29) is 30.1 Å². The van der Waals surface area contributed by atoms with Crippen molar-refractivity contribution in [3.8, 4) is 0 Å². The maximum Gasteiger partial charge on any atom is 0.337 e. The van der Waals surface area contributed by atoms with Gasteiger partial charge in [0.1, 0.15) is 6.04 Å². The lowest BCUT2D eigenvalue weighted by Crippen LogP contribution is -2.47. The molecule has 0 radical (unpaired) electrons. The molecule has 1 N–H and O–H groups in total. The standard InChI is InChI=1S/C34H32N2O7/c1-3-4-13-25(34(41)43-18-26(37)35-20-16-14-19(15-17-20)33(40)42-2)36-31(38)29-27-21-9-5-6-10-22(21)28(30(29)32(36)39)24-12-8-7-11-23(24)27/h5-12,14-17,25,27-30H,3-4,13,18H2,1-2H3,(H,35,37)/t25-,27?,28?,29-,30+/m1/s1. The number of nitrogens with zero attached hydrogens (tertiary/aromatic N) is 1. The first-order chi connectivity index (χ1) is 20.8. The summed E-state index contributed by atoms with van der Waals surface area (Å²) in [6.07, 6.45) is 1.59. The maximum atomic E-state index is 14.1. The minimum absolute atomic E-state index is 0.248. The fraction of sp³-hybridized carbons (Fsp3) is 0.324. The third-order valence-corrected chi connectivity index (χ3v) is 8.83. The van der Waals surface area contributed by atoms with Crippen LogP contribution in [-0.2, 0) is 28.7 Å². The predicted molar refractivity (Wildman–Crippen MR) is 156 cm³/mol. The highest BCUT2D eigenvalue weighted by atomic mass is 16.5. The predicted octanol–water partition coefficient (Wildman–Crippen LogP) is 4.41. The molecule has 9 nitrogen and oxygen atoms in total. The van der Waals surface area contributed by atoms with Gasteiger partial charge in [0, 0.05) is 17.5 Å². The lowest BCUT2D eigenvalue weighted by molar-refractivity contribution is -0.160. The summed E-state index contributed by atoms with van der Waals surface area (Å²) in [5.74, 6) is -4.35. The third kappa shape index (κ3) is 4.78. The molecule has 0 unspecified atom stereocenters. The van der Waals surface area contributed by atoms with E-state index in [1.165, 1.54) is 31.4 Å². The Morgan fingerprint density at radius 1 is 0.814 bits per heavy atom. The van der Waals surface area contributed by atoms with Crippen molar-refractivity contribution in [3.05, 3.63) is 101 Å². The van der Waals surface area contributed by atoms with Crippen LogP contribution in [0.2, 0.25) is 0 Å². The second-order valence-electron chi connectivity index (χ2n) is 11.2. The maximum absolute atomic E-state index is 14.1. The summed E-state index contributed by atoms with van der Waals surface area (Å²) in [6, 6.07) is 20.9. The minimum atomic E-state index is -1.12. The van der Waals surface area contributed by atoms with Gasteiger partial charge < -0.3 is 14.8 Å². The Balaban J connectivity index is 1.21. The van der Waals surface area contributed by atoms with Crippen molar-refractivity contribution in [1.29, 1.82) is 0 Å². The molecular weight excluding hydrogens is 548 g/mol. The molecule has 1 aliphatic heterocycles. The molecule has 9 heteroatoms. The van der Waals surface area contributed by atoms with Crippen molar-refractivity contribution in [2.24, 2.45) is 11.8 Å². The van der Waals surface area contributed by atoms with Crippen molar-refractivity contribution < 1.29 is 33.4 Å². The third-order valence-electron chi connectivity index (χ3n) is 8.83. The number of likely N-dealkylation sites (tertiary alicyclic amines) is 1. The Labute approximate surface area is 249 Å². The summed E-state index contributed by atoms with van der Waals surface area (Å²) in [4.78, 5) is 67.1. The van der Waals surface area contributed by atoms with E-state index in [1.54, 1.807) is 0 Å². The Hall–Kier alpha value is -4.79. The Kier molecular flexibility index (Phi) is 7.56. The van der Waals surface area contributed by atoms with Gasteiger partial charge in [-0.2, -0.15) is 0 Å². The zero-order valence-electron chi connectivity index (χ0n) is 23.9. The molecule has 1 heterocycles. The fourth-order valence-corrected chi connectivity index (χ4v) is 6.99. The van der Waals surface area contributed by atoms with E-state index in [1.807, 2.05) is 55.5 Å². The summed E-state index contributed by atoms with van der Waals surface area (Å²) in [7, 11) is 1.28. The Morgan fingerprint density at radius 3 is 1.79 bits per heavy atom. The highest BCUT2D eigenvalue weighted by Crippen LogP contribution is 2.61. The summed E-state index contributed by atoms with van der Waals surface area (Å²) in [5.41, 5.74) is 4.95. The summed E-state index contributed by atoms with van der Waals surface area (Å²) in [6.45, 7) is 1.37. The molecule has 3 atom stereocenters. The topological polar surface area (TPSA) is 119 Å². The first-order valence-corrected chi connectivity index (χ1v) is 14.5.